The molecule has 1 aliphatic heterocycles. The number of hydrogen-bond donors (Lipinski definition) is 1. The fraction of sp³-hybridized carbons (Fsp3) is 0.417. The van der Waals surface area contributed by atoms with Crippen molar-refractivity contribution in [3.05, 3.63) is 71.2 Å². The molecule has 0 radical (unpaired) electrons. The molecule has 4 rings (SSSR count). The number of hydrogen-bond acceptors (Lipinski definition) is 3. The number of likely N-dealkylation sites (tertiary alicyclic amines) is 1. The Hall–Kier alpha value is -2.66. The Morgan fingerprint density at radius 2 is 1.83 bits per heavy atom. The monoisotopic (exact) mass is 390 g/mol. The molecule has 3 heterocycles. The molecular weight excluding hydrogens is 360 g/mol. The van der Waals surface area contributed by atoms with Crippen LogP contribution in [0.2, 0.25) is 0 Å². The van der Waals surface area contributed by atoms with E-state index in [1.54, 1.807) is 0 Å². The fourth-order valence-corrected chi connectivity index (χ4v) is 4.07. The van der Waals surface area contributed by atoms with Crippen molar-refractivity contribution in [1.82, 2.24) is 19.6 Å². The van der Waals surface area contributed by atoms with Crippen LogP contribution in [0.3, 0.4) is 0 Å². The van der Waals surface area contributed by atoms with Crippen molar-refractivity contribution in [1.29, 1.82) is 0 Å². The molecule has 29 heavy (non-hydrogen) atoms. The van der Waals surface area contributed by atoms with Crippen LogP contribution in [-0.4, -0.2) is 33.3 Å². The minimum Gasteiger partial charge on any atom is -0.337 e. The van der Waals surface area contributed by atoms with Gasteiger partial charge in [0.25, 0.3) is 5.91 Å². The van der Waals surface area contributed by atoms with Crippen LogP contribution in [0.15, 0.2) is 48.7 Å². The number of carbonyl (C=O) groups excluding carboxylic acids is 1. The second kappa shape index (κ2) is 8.78. The van der Waals surface area contributed by atoms with E-state index in [2.05, 4.69) is 53.9 Å². The zero-order chi connectivity index (χ0) is 20.2. The molecule has 0 saturated carbocycles. The molecule has 0 spiro atoms. The quantitative estimate of drug-likeness (QED) is 0.697. The Balaban J connectivity index is 1.63. The van der Waals surface area contributed by atoms with Gasteiger partial charge in [0.05, 0.1) is 5.69 Å². The van der Waals surface area contributed by atoms with E-state index in [1.807, 2.05) is 23.2 Å². The minimum absolute atomic E-state index is 0.0671. The van der Waals surface area contributed by atoms with E-state index in [-0.39, 0.29) is 11.9 Å². The molecule has 1 aliphatic rings. The molecule has 152 valence electrons. The first-order valence-electron chi connectivity index (χ1n) is 10.7. The predicted octanol–water partition coefficient (Wildman–Crippen LogP) is 4.51. The van der Waals surface area contributed by atoms with Gasteiger partial charge < -0.3 is 14.6 Å². The first-order valence-corrected chi connectivity index (χ1v) is 10.7. The van der Waals surface area contributed by atoms with Gasteiger partial charge >= 0.3 is 0 Å². The third-order valence-corrected chi connectivity index (χ3v) is 5.85. The van der Waals surface area contributed by atoms with E-state index < -0.39 is 0 Å². The van der Waals surface area contributed by atoms with E-state index in [9.17, 15) is 4.79 Å². The van der Waals surface area contributed by atoms with Crippen molar-refractivity contribution < 1.29 is 4.79 Å². The number of benzene rings is 1. The van der Waals surface area contributed by atoms with Crippen LogP contribution in [-0.2, 0) is 6.54 Å². The number of rotatable bonds is 5. The number of amides is 1. The zero-order valence-corrected chi connectivity index (χ0v) is 17.4. The largest absolute Gasteiger partial charge is 0.337 e. The molecule has 0 bridgehead atoms. The second-order valence-electron chi connectivity index (χ2n) is 8.06. The van der Waals surface area contributed by atoms with Gasteiger partial charge in [0.2, 0.25) is 0 Å². The molecule has 1 N–H and O–H groups in total. The predicted molar refractivity (Wildman–Crippen MR) is 116 cm³/mol. The summed E-state index contributed by atoms with van der Waals surface area (Å²) in [6.45, 7) is 6.46. The number of imidazole rings is 1. The highest BCUT2D eigenvalue weighted by Gasteiger charge is 2.25. The lowest BCUT2D eigenvalue weighted by atomic mass is 10.1. The molecule has 1 atom stereocenters. The van der Waals surface area contributed by atoms with Crippen molar-refractivity contribution in [2.24, 2.45) is 0 Å². The van der Waals surface area contributed by atoms with E-state index in [4.69, 9.17) is 4.98 Å². The summed E-state index contributed by atoms with van der Waals surface area (Å²) in [4.78, 5) is 20.1. The number of nitrogens with one attached hydrogen (secondary N) is 1. The SMILES string of the molecule is Cc1ccn2c(CNC(C)c3ccccc3)c(C(=O)N3CCCCCC3)nc2c1. The molecule has 0 aliphatic carbocycles. The van der Waals surface area contributed by atoms with Crippen molar-refractivity contribution in [2.75, 3.05) is 13.1 Å². The van der Waals surface area contributed by atoms with Crippen LogP contribution in [0.1, 0.15) is 66.0 Å². The van der Waals surface area contributed by atoms with Crippen LogP contribution in [0, 0.1) is 6.92 Å². The average Bonchev–Trinajstić information content (AvgIpc) is 2.91. The summed E-state index contributed by atoms with van der Waals surface area (Å²) in [7, 11) is 0. The van der Waals surface area contributed by atoms with Gasteiger partial charge in [0, 0.05) is 31.9 Å². The molecule has 5 heteroatoms. The maximum absolute atomic E-state index is 13.4. The maximum Gasteiger partial charge on any atom is 0.274 e. The topological polar surface area (TPSA) is 49.6 Å². The van der Waals surface area contributed by atoms with Gasteiger partial charge in [-0.05, 0) is 49.9 Å². The second-order valence-corrected chi connectivity index (χ2v) is 8.06. The van der Waals surface area contributed by atoms with Crippen molar-refractivity contribution >= 4 is 11.6 Å². The molecule has 5 nitrogen and oxygen atoms in total. The van der Waals surface area contributed by atoms with Crippen molar-refractivity contribution in [3.8, 4) is 0 Å². The number of aryl methyl sites for hydroxylation is 1. The van der Waals surface area contributed by atoms with Crippen LogP contribution in [0.25, 0.3) is 5.65 Å². The van der Waals surface area contributed by atoms with Crippen molar-refractivity contribution in [2.45, 2.75) is 52.1 Å². The molecule has 1 amide bonds. The van der Waals surface area contributed by atoms with Crippen molar-refractivity contribution in [3.63, 3.8) is 0 Å². The minimum atomic E-state index is 0.0671. The molecule has 1 unspecified atom stereocenters. The third kappa shape index (κ3) is 4.35. The third-order valence-electron chi connectivity index (χ3n) is 5.85. The van der Waals surface area contributed by atoms with E-state index in [1.165, 1.54) is 18.4 Å². The lowest BCUT2D eigenvalue weighted by Crippen LogP contribution is -2.33. The Morgan fingerprint density at radius 1 is 1.10 bits per heavy atom. The van der Waals surface area contributed by atoms with Crippen LogP contribution in [0.5, 0.6) is 0 Å². The lowest BCUT2D eigenvalue weighted by Gasteiger charge is -2.20. The first-order chi connectivity index (χ1) is 14.1. The molecule has 1 fully saturated rings. The highest BCUT2D eigenvalue weighted by atomic mass is 16.2. The van der Waals surface area contributed by atoms with E-state index in [0.29, 0.717) is 12.2 Å². The Bertz CT molecular complexity index is 971. The summed E-state index contributed by atoms with van der Waals surface area (Å²) in [5, 5.41) is 3.59. The summed E-state index contributed by atoms with van der Waals surface area (Å²) in [6.07, 6.45) is 6.60. The van der Waals surface area contributed by atoms with Gasteiger partial charge in [-0.1, -0.05) is 43.2 Å². The van der Waals surface area contributed by atoms with Gasteiger partial charge in [-0.25, -0.2) is 4.98 Å². The van der Waals surface area contributed by atoms with E-state index >= 15 is 0 Å². The molecule has 2 aromatic heterocycles. The molecular formula is C24H30N4O. The number of fused-ring (bicyclic) bond motifs is 1. The van der Waals surface area contributed by atoms with Gasteiger partial charge in [0.1, 0.15) is 5.65 Å². The zero-order valence-electron chi connectivity index (χ0n) is 17.4. The summed E-state index contributed by atoms with van der Waals surface area (Å²) >= 11 is 0. The average molecular weight is 391 g/mol. The fourth-order valence-electron chi connectivity index (χ4n) is 4.07. The van der Waals surface area contributed by atoms with Crippen LogP contribution in [0.4, 0.5) is 0 Å². The van der Waals surface area contributed by atoms with Gasteiger partial charge in [-0.3, -0.25) is 4.79 Å². The smallest absolute Gasteiger partial charge is 0.274 e. The van der Waals surface area contributed by atoms with Gasteiger partial charge in [-0.2, -0.15) is 0 Å². The van der Waals surface area contributed by atoms with Crippen LogP contribution < -0.4 is 5.32 Å². The van der Waals surface area contributed by atoms with E-state index in [0.717, 1.165) is 42.8 Å². The van der Waals surface area contributed by atoms with Gasteiger partial charge in [-0.15, -0.1) is 0 Å². The highest BCUT2D eigenvalue weighted by Crippen LogP contribution is 2.20. The Kier molecular flexibility index (Phi) is 5.95. The summed E-state index contributed by atoms with van der Waals surface area (Å²) in [5.74, 6) is 0.0671. The number of pyridine rings is 1. The molecule has 1 saturated heterocycles. The molecule has 1 aromatic carbocycles. The number of carbonyl (C=O) groups is 1. The Labute approximate surface area is 172 Å². The normalized spacial score (nSPS) is 16.0. The highest BCUT2D eigenvalue weighted by molar-refractivity contribution is 5.94. The summed E-state index contributed by atoms with van der Waals surface area (Å²) in [5.41, 5.74) is 4.75. The summed E-state index contributed by atoms with van der Waals surface area (Å²) in [6, 6.07) is 14.7. The number of aromatic nitrogens is 2. The molecule has 3 aromatic rings. The van der Waals surface area contributed by atoms with Gasteiger partial charge in [0.15, 0.2) is 5.69 Å². The Morgan fingerprint density at radius 3 is 2.55 bits per heavy atom. The standard InChI is InChI=1S/C24H30N4O/c1-18-12-15-28-21(17-25-19(2)20-10-6-5-7-11-20)23(26-22(28)16-18)24(29)27-13-8-3-4-9-14-27/h5-7,10-12,15-16,19,25H,3-4,8-9,13-14,17H2,1-2H3. The first kappa shape index (κ1) is 19.6. The number of nitrogens with zero attached hydrogens (tertiary/aromatic N) is 3. The maximum atomic E-state index is 13.4. The summed E-state index contributed by atoms with van der Waals surface area (Å²) < 4.78 is 2.06. The van der Waals surface area contributed by atoms with Crippen LogP contribution >= 0.6 is 0 Å². The lowest BCUT2D eigenvalue weighted by molar-refractivity contribution is 0.0755.